The first-order valence-corrected chi connectivity index (χ1v) is 8.39. The summed E-state index contributed by atoms with van der Waals surface area (Å²) in [4.78, 5) is 24.1. The summed E-state index contributed by atoms with van der Waals surface area (Å²) in [5, 5.41) is 12.4. The highest BCUT2D eigenvalue weighted by Gasteiger charge is 2.16. The first kappa shape index (κ1) is 20.3. The highest BCUT2D eigenvalue weighted by atomic mass is 35.5. The molecule has 6 nitrogen and oxygen atoms in total. The Morgan fingerprint density at radius 1 is 1.04 bits per heavy atom. The first-order valence-electron chi connectivity index (χ1n) is 8.02. The van der Waals surface area contributed by atoms with E-state index in [1.165, 1.54) is 26.4 Å². The number of hydrogen-bond donors (Lipinski definition) is 2. The summed E-state index contributed by atoms with van der Waals surface area (Å²) >= 11 is 6.10. The molecule has 7 heteroatoms. The van der Waals surface area contributed by atoms with E-state index in [9.17, 15) is 14.7 Å². The van der Waals surface area contributed by atoms with Crippen molar-refractivity contribution in [3.05, 3.63) is 63.8 Å². The predicted octanol–water partition coefficient (Wildman–Crippen LogP) is 4.24. The average Bonchev–Trinajstić information content (AvgIpc) is 2.63. The number of carbonyl (C=O) groups is 2. The van der Waals surface area contributed by atoms with Crippen LogP contribution < -0.4 is 14.8 Å². The van der Waals surface area contributed by atoms with E-state index in [-0.39, 0.29) is 10.7 Å². The van der Waals surface area contributed by atoms with Crippen LogP contribution in [0, 0.1) is 13.8 Å². The van der Waals surface area contributed by atoms with Gasteiger partial charge in [0.25, 0.3) is 0 Å². The summed E-state index contributed by atoms with van der Waals surface area (Å²) < 4.78 is 10.3. The summed E-state index contributed by atoms with van der Waals surface area (Å²) in [6, 6.07) is 8.19. The molecule has 0 spiro atoms. The second kappa shape index (κ2) is 8.60. The molecule has 0 radical (unpaired) electrons. The fraction of sp³-hybridized carbons (Fsp3) is 0.200. The normalized spacial score (nSPS) is 11.1. The Kier molecular flexibility index (Phi) is 6.47. The Labute approximate surface area is 162 Å². The van der Waals surface area contributed by atoms with Crippen LogP contribution in [0.3, 0.4) is 0 Å². The van der Waals surface area contributed by atoms with Crippen LogP contribution in [0.15, 0.2) is 42.1 Å². The number of hydrogen-bond acceptors (Lipinski definition) is 5. The number of aliphatic carboxylic acids is 1. The van der Waals surface area contributed by atoms with Gasteiger partial charge in [0.05, 0.1) is 24.9 Å². The summed E-state index contributed by atoms with van der Waals surface area (Å²) in [5.74, 6) is -1.02. The fourth-order valence-electron chi connectivity index (χ4n) is 2.36. The third-order valence-electron chi connectivity index (χ3n) is 4.04. The van der Waals surface area contributed by atoms with Gasteiger partial charge in [0.2, 0.25) is 0 Å². The highest BCUT2D eigenvalue weighted by molar-refractivity contribution is 6.32. The van der Waals surface area contributed by atoms with Gasteiger partial charge in [-0.3, -0.25) is 4.79 Å². The lowest BCUT2D eigenvalue weighted by atomic mass is 10.0. The van der Waals surface area contributed by atoms with E-state index in [0.29, 0.717) is 22.7 Å². The quantitative estimate of drug-likeness (QED) is 0.544. The smallest absolute Gasteiger partial charge is 0.352 e. The van der Waals surface area contributed by atoms with E-state index in [2.05, 4.69) is 5.32 Å². The van der Waals surface area contributed by atoms with E-state index < -0.39 is 11.8 Å². The highest BCUT2D eigenvalue weighted by Crippen LogP contribution is 2.36. The maximum absolute atomic E-state index is 12.5. The number of allylic oxidation sites excluding steroid dienone is 1. The molecule has 27 heavy (non-hydrogen) atoms. The number of carbonyl (C=O) groups excluding carboxylic acids is 1. The second-order valence-electron chi connectivity index (χ2n) is 5.84. The van der Waals surface area contributed by atoms with Crippen LogP contribution in [-0.4, -0.2) is 31.1 Å². The van der Waals surface area contributed by atoms with Gasteiger partial charge in [-0.2, -0.15) is 0 Å². The number of methoxy groups -OCH3 is 2. The summed E-state index contributed by atoms with van der Waals surface area (Å²) in [5.41, 5.74) is 2.38. The minimum Gasteiger partial charge on any atom is -0.495 e. The third-order valence-corrected chi connectivity index (χ3v) is 4.34. The van der Waals surface area contributed by atoms with Gasteiger partial charge >= 0.3 is 5.97 Å². The summed E-state index contributed by atoms with van der Waals surface area (Å²) in [7, 11) is 2.89. The lowest BCUT2D eigenvalue weighted by Crippen LogP contribution is -2.13. The molecule has 0 saturated carbocycles. The Morgan fingerprint density at radius 2 is 1.70 bits per heavy atom. The SMILES string of the molecule is COc1cc(OC)c(NC(=CC(=O)c2ccc(C)c(C)c2)C(=O)O)cc1Cl. The van der Waals surface area contributed by atoms with Crippen LogP contribution >= 0.6 is 11.6 Å². The number of aryl methyl sites for hydroxylation is 2. The Balaban J connectivity index is 2.39. The molecule has 0 bridgehead atoms. The van der Waals surface area contributed by atoms with E-state index in [4.69, 9.17) is 21.1 Å². The molecule has 0 heterocycles. The number of ketones is 1. The number of halogens is 1. The van der Waals surface area contributed by atoms with Crippen LogP contribution in [0.1, 0.15) is 21.5 Å². The maximum Gasteiger partial charge on any atom is 0.352 e. The zero-order valence-corrected chi connectivity index (χ0v) is 16.2. The molecule has 0 aromatic heterocycles. The zero-order chi connectivity index (χ0) is 20.1. The number of anilines is 1. The van der Waals surface area contributed by atoms with Crippen molar-refractivity contribution in [3.8, 4) is 11.5 Å². The van der Waals surface area contributed by atoms with Crippen LogP contribution in [0.2, 0.25) is 5.02 Å². The second-order valence-corrected chi connectivity index (χ2v) is 6.25. The molecule has 2 rings (SSSR count). The predicted molar refractivity (Wildman–Crippen MR) is 104 cm³/mol. The first-order chi connectivity index (χ1) is 12.8. The molecule has 0 atom stereocenters. The van der Waals surface area contributed by atoms with Crippen LogP contribution in [0.25, 0.3) is 0 Å². The number of benzene rings is 2. The maximum atomic E-state index is 12.5. The van der Waals surface area contributed by atoms with E-state index in [0.717, 1.165) is 17.2 Å². The Bertz CT molecular complexity index is 921. The number of rotatable bonds is 7. The molecule has 0 fully saturated rings. The van der Waals surface area contributed by atoms with Gasteiger partial charge in [-0.25, -0.2) is 4.79 Å². The third kappa shape index (κ3) is 4.80. The fourth-order valence-corrected chi connectivity index (χ4v) is 2.60. The molecule has 2 aromatic carbocycles. The van der Waals surface area contributed by atoms with Crippen LogP contribution in [-0.2, 0) is 4.79 Å². The van der Waals surface area contributed by atoms with Crippen molar-refractivity contribution < 1.29 is 24.2 Å². The lowest BCUT2D eigenvalue weighted by Gasteiger charge is -2.14. The van der Waals surface area contributed by atoms with Crippen molar-refractivity contribution in [3.63, 3.8) is 0 Å². The topological polar surface area (TPSA) is 84.9 Å². The number of nitrogens with one attached hydrogen (secondary N) is 1. The average molecular weight is 390 g/mol. The van der Waals surface area contributed by atoms with E-state index >= 15 is 0 Å². The molecular weight excluding hydrogens is 370 g/mol. The summed E-state index contributed by atoms with van der Waals surface area (Å²) in [6.45, 7) is 3.82. The van der Waals surface area contributed by atoms with Crippen molar-refractivity contribution in [1.82, 2.24) is 0 Å². The zero-order valence-electron chi connectivity index (χ0n) is 15.4. The Hall–Kier alpha value is -2.99. The lowest BCUT2D eigenvalue weighted by molar-refractivity contribution is -0.132. The minimum absolute atomic E-state index is 0.269. The van der Waals surface area contributed by atoms with Gasteiger partial charge in [-0.1, -0.05) is 23.7 Å². The molecule has 0 unspecified atom stereocenters. The molecule has 0 saturated heterocycles. The number of ether oxygens (including phenoxy) is 2. The molecule has 2 N–H and O–H groups in total. The van der Waals surface area contributed by atoms with Crippen molar-refractivity contribution in [2.45, 2.75) is 13.8 Å². The number of carboxylic acids is 1. The largest absolute Gasteiger partial charge is 0.495 e. The molecular formula is C20H20ClNO5. The van der Waals surface area contributed by atoms with Crippen molar-refractivity contribution in [2.24, 2.45) is 0 Å². The molecule has 0 aliphatic rings. The number of carboxylic acid groups (broad SMARTS) is 1. The molecule has 0 aliphatic carbocycles. The Morgan fingerprint density at radius 3 is 2.26 bits per heavy atom. The standard InChI is InChI=1S/C20H20ClNO5/c1-11-5-6-13(7-12(11)2)17(23)9-16(20(24)25)22-15-8-14(21)18(26-3)10-19(15)27-4/h5-10,22H,1-4H3,(H,24,25). The molecule has 2 aromatic rings. The minimum atomic E-state index is -1.29. The summed E-state index contributed by atoms with van der Waals surface area (Å²) in [6.07, 6.45) is 1.03. The van der Waals surface area contributed by atoms with Crippen molar-refractivity contribution >= 4 is 29.0 Å². The van der Waals surface area contributed by atoms with Crippen LogP contribution in [0.5, 0.6) is 11.5 Å². The van der Waals surface area contributed by atoms with Crippen LogP contribution in [0.4, 0.5) is 5.69 Å². The van der Waals surface area contributed by atoms with Gasteiger partial charge in [-0.05, 0) is 37.1 Å². The molecule has 0 amide bonds. The van der Waals surface area contributed by atoms with E-state index in [1.54, 1.807) is 12.1 Å². The van der Waals surface area contributed by atoms with E-state index in [1.807, 2.05) is 19.9 Å². The van der Waals surface area contributed by atoms with Crippen molar-refractivity contribution in [2.75, 3.05) is 19.5 Å². The monoisotopic (exact) mass is 389 g/mol. The van der Waals surface area contributed by atoms with Gasteiger partial charge in [-0.15, -0.1) is 0 Å². The van der Waals surface area contributed by atoms with Gasteiger partial charge in [0.15, 0.2) is 5.78 Å². The van der Waals surface area contributed by atoms with Gasteiger partial charge < -0.3 is 19.9 Å². The molecule has 0 aliphatic heterocycles. The molecule has 142 valence electrons. The van der Waals surface area contributed by atoms with Gasteiger partial charge in [0, 0.05) is 17.7 Å². The van der Waals surface area contributed by atoms with Crippen molar-refractivity contribution in [1.29, 1.82) is 0 Å². The van der Waals surface area contributed by atoms with Gasteiger partial charge in [0.1, 0.15) is 17.2 Å².